The minimum absolute atomic E-state index is 0.338. The molecule has 0 aromatic heterocycles. The second-order valence-electron chi connectivity index (χ2n) is 7.21. The summed E-state index contributed by atoms with van der Waals surface area (Å²) in [5.74, 6) is 0. The minimum atomic E-state index is 0.338. The average Bonchev–Trinajstić information content (AvgIpc) is 2.90. The third-order valence-electron chi connectivity index (χ3n) is 5.06. The molecule has 0 aromatic rings. The van der Waals surface area contributed by atoms with Gasteiger partial charge >= 0.3 is 0 Å². The van der Waals surface area contributed by atoms with Crippen molar-refractivity contribution in [3.63, 3.8) is 0 Å². The van der Waals surface area contributed by atoms with Crippen molar-refractivity contribution in [3.8, 4) is 0 Å². The van der Waals surface area contributed by atoms with Gasteiger partial charge in [-0.1, -0.05) is 26.7 Å². The molecule has 2 aliphatic rings. The molecule has 2 rings (SSSR count). The van der Waals surface area contributed by atoms with E-state index in [0.29, 0.717) is 5.41 Å². The molecule has 0 radical (unpaired) electrons. The quantitative estimate of drug-likeness (QED) is 0.798. The lowest BCUT2D eigenvalue weighted by Crippen LogP contribution is -2.28. The normalized spacial score (nSPS) is 24.9. The third-order valence-corrected chi connectivity index (χ3v) is 5.06. The second-order valence-corrected chi connectivity index (χ2v) is 7.21. The maximum Gasteiger partial charge on any atom is 0.00384 e. The van der Waals surface area contributed by atoms with Crippen LogP contribution in [0, 0.1) is 10.8 Å². The fourth-order valence-electron chi connectivity index (χ4n) is 3.63. The second kappa shape index (κ2) is 5.27. The lowest BCUT2D eigenvalue weighted by molar-refractivity contribution is 0.241. The van der Waals surface area contributed by atoms with Gasteiger partial charge in [-0.2, -0.15) is 0 Å². The Morgan fingerprint density at radius 2 is 1.88 bits per heavy atom. The Morgan fingerprint density at radius 3 is 2.53 bits per heavy atom. The molecule has 1 aliphatic heterocycles. The number of rotatable bonds is 5. The van der Waals surface area contributed by atoms with E-state index in [-0.39, 0.29) is 0 Å². The number of hydrogen-bond donors (Lipinski definition) is 1. The molecule has 17 heavy (non-hydrogen) atoms. The Bertz CT molecular complexity index is 241. The van der Waals surface area contributed by atoms with Crippen LogP contribution in [0.3, 0.4) is 0 Å². The Morgan fingerprint density at radius 1 is 1.18 bits per heavy atom. The van der Waals surface area contributed by atoms with Gasteiger partial charge in [-0.25, -0.2) is 0 Å². The van der Waals surface area contributed by atoms with Gasteiger partial charge in [-0.05, 0) is 62.6 Å². The van der Waals surface area contributed by atoms with Crippen molar-refractivity contribution < 1.29 is 0 Å². The van der Waals surface area contributed by atoms with Crippen molar-refractivity contribution in [2.75, 3.05) is 26.2 Å². The van der Waals surface area contributed by atoms with Gasteiger partial charge in [0, 0.05) is 6.54 Å². The molecule has 2 nitrogen and oxygen atoms in total. The molecule has 0 atom stereocenters. The highest BCUT2D eigenvalue weighted by Crippen LogP contribution is 2.45. The van der Waals surface area contributed by atoms with Crippen LogP contribution < -0.4 is 5.73 Å². The Labute approximate surface area is 107 Å². The first-order valence-electron chi connectivity index (χ1n) is 7.48. The van der Waals surface area contributed by atoms with E-state index < -0.39 is 0 Å². The summed E-state index contributed by atoms with van der Waals surface area (Å²) in [7, 11) is 0. The van der Waals surface area contributed by atoms with E-state index in [0.717, 1.165) is 12.0 Å². The number of nitrogens with two attached hydrogens (primary N) is 1. The summed E-state index contributed by atoms with van der Waals surface area (Å²) in [4.78, 5) is 2.71. The van der Waals surface area contributed by atoms with E-state index >= 15 is 0 Å². The van der Waals surface area contributed by atoms with Crippen molar-refractivity contribution in [2.45, 2.75) is 58.8 Å². The Balaban J connectivity index is 1.68. The van der Waals surface area contributed by atoms with Gasteiger partial charge in [-0.3, -0.25) is 0 Å². The molecule has 0 unspecified atom stereocenters. The van der Waals surface area contributed by atoms with Crippen LogP contribution in [0.5, 0.6) is 0 Å². The maximum absolute atomic E-state index is 5.78. The van der Waals surface area contributed by atoms with Crippen LogP contribution >= 0.6 is 0 Å². The zero-order chi connectivity index (χ0) is 12.4. The minimum Gasteiger partial charge on any atom is -0.330 e. The van der Waals surface area contributed by atoms with E-state index in [1.54, 1.807) is 0 Å². The molecule has 0 aromatic carbocycles. The van der Waals surface area contributed by atoms with Gasteiger partial charge in [-0.15, -0.1) is 0 Å². The van der Waals surface area contributed by atoms with E-state index in [1.165, 1.54) is 64.6 Å². The highest BCUT2D eigenvalue weighted by Gasteiger charge is 2.39. The van der Waals surface area contributed by atoms with E-state index in [1.807, 2.05) is 0 Å². The smallest absolute Gasteiger partial charge is 0.00384 e. The highest BCUT2D eigenvalue weighted by molar-refractivity contribution is 4.93. The van der Waals surface area contributed by atoms with Crippen LogP contribution in [0.2, 0.25) is 0 Å². The largest absolute Gasteiger partial charge is 0.330 e. The molecule has 2 fully saturated rings. The van der Waals surface area contributed by atoms with Gasteiger partial charge in [0.05, 0.1) is 0 Å². The van der Waals surface area contributed by atoms with Crippen LogP contribution in [-0.4, -0.2) is 31.1 Å². The third kappa shape index (κ3) is 3.45. The lowest BCUT2D eigenvalue weighted by Gasteiger charge is -2.26. The summed E-state index contributed by atoms with van der Waals surface area (Å²) < 4.78 is 0. The Hall–Kier alpha value is -0.0800. The van der Waals surface area contributed by atoms with Gasteiger partial charge in [0.15, 0.2) is 0 Å². The van der Waals surface area contributed by atoms with Crippen LogP contribution in [0.15, 0.2) is 0 Å². The van der Waals surface area contributed by atoms with Gasteiger partial charge < -0.3 is 10.6 Å². The fourth-order valence-corrected chi connectivity index (χ4v) is 3.63. The first kappa shape index (κ1) is 13.4. The predicted molar refractivity (Wildman–Crippen MR) is 74.0 cm³/mol. The molecule has 0 amide bonds. The lowest BCUT2D eigenvalue weighted by atomic mass is 9.85. The van der Waals surface area contributed by atoms with E-state index in [2.05, 4.69) is 18.7 Å². The van der Waals surface area contributed by atoms with Crippen molar-refractivity contribution >= 4 is 0 Å². The molecule has 1 saturated carbocycles. The van der Waals surface area contributed by atoms with Crippen LogP contribution in [0.25, 0.3) is 0 Å². The number of hydrogen-bond acceptors (Lipinski definition) is 2. The fraction of sp³-hybridized carbons (Fsp3) is 1.00. The summed E-state index contributed by atoms with van der Waals surface area (Å²) in [6, 6.07) is 0. The van der Waals surface area contributed by atoms with Crippen molar-refractivity contribution in [1.29, 1.82) is 0 Å². The Kier molecular flexibility index (Phi) is 4.14. The number of likely N-dealkylation sites (tertiary alicyclic amines) is 1. The van der Waals surface area contributed by atoms with E-state index in [9.17, 15) is 0 Å². The monoisotopic (exact) mass is 238 g/mol. The van der Waals surface area contributed by atoms with E-state index in [4.69, 9.17) is 5.73 Å². The molecule has 1 saturated heterocycles. The highest BCUT2D eigenvalue weighted by atomic mass is 15.2. The molecular formula is C15H30N2. The molecule has 0 bridgehead atoms. The van der Waals surface area contributed by atoms with Crippen molar-refractivity contribution in [1.82, 2.24) is 4.90 Å². The summed E-state index contributed by atoms with van der Waals surface area (Å²) >= 11 is 0. The first-order chi connectivity index (χ1) is 8.05. The molecule has 100 valence electrons. The maximum atomic E-state index is 5.78. The summed E-state index contributed by atoms with van der Waals surface area (Å²) in [6.07, 6.45) is 10.0. The summed E-state index contributed by atoms with van der Waals surface area (Å²) in [6.45, 7) is 9.42. The molecule has 2 N–H and O–H groups in total. The molecule has 2 heteroatoms. The SMILES string of the molecule is CC(C)(CN)CCCN1CCC2(CCCC2)C1. The molecule has 1 spiro atoms. The average molecular weight is 238 g/mol. The zero-order valence-corrected chi connectivity index (χ0v) is 11.8. The van der Waals surface area contributed by atoms with Gasteiger partial charge in [0.25, 0.3) is 0 Å². The first-order valence-corrected chi connectivity index (χ1v) is 7.48. The molecular weight excluding hydrogens is 208 g/mol. The van der Waals surface area contributed by atoms with Crippen LogP contribution in [0.4, 0.5) is 0 Å². The van der Waals surface area contributed by atoms with Crippen molar-refractivity contribution in [3.05, 3.63) is 0 Å². The van der Waals surface area contributed by atoms with Crippen LogP contribution in [-0.2, 0) is 0 Å². The summed E-state index contributed by atoms with van der Waals surface area (Å²) in [5.41, 5.74) is 6.86. The molecule has 1 aliphatic carbocycles. The molecule has 1 heterocycles. The van der Waals surface area contributed by atoms with Gasteiger partial charge in [0.2, 0.25) is 0 Å². The number of nitrogens with zero attached hydrogens (tertiary/aromatic N) is 1. The van der Waals surface area contributed by atoms with Crippen LogP contribution in [0.1, 0.15) is 58.8 Å². The predicted octanol–water partition coefficient (Wildman–Crippen LogP) is 3.02. The topological polar surface area (TPSA) is 29.3 Å². The zero-order valence-electron chi connectivity index (χ0n) is 11.8. The standard InChI is InChI=1S/C15H30N2/c1-14(2,12-16)6-5-10-17-11-9-15(13-17)7-3-4-8-15/h3-13,16H2,1-2H3. The summed E-state index contributed by atoms with van der Waals surface area (Å²) in [5, 5.41) is 0. The van der Waals surface area contributed by atoms with Crippen molar-refractivity contribution in [2.24, 2.45) is 16.6 Å². The van der Waals surface area contributed by atoms with Gasteiger partial charge in [0.1, 0.15) is 0 Å².